The molecular weight excluding hydrogens is 372 g/mol. The number of anilines is 4. The van der Waals surface area contributed by atoms with Crippen molar-refractivity contribution in [1.29, 1.82) is 5.26 Å². The van der Waals surface area contributed by atoms with Gasteiger partial charge in [-0.15, -0.1) is 0 Å². The van der Waals surface area contributed by atoms with Crippen LogP contribution in [0.1, 0.15) is 5.56 Å². The summed E-state index contributed by atoms with van der Waals surface area (Å²) in [4.78, 5) is 13.5. The molecule has 0 atom stereocenters. The monoisotopic (exact) mass is 390 g/mol. The summed E-state index contributed by atoms with van der Waals surface area (Å²) >= 11 is 6.11. The molecule has 0 radical (unpaired) electrons. The van der Waals surface area contributed by atoms with Gasteiger partial charge in [0.25, 0.3) is 0 Å². The fourth-order valence-electron chi connectivity index (χ4n) is 3.26. The molecule has 0 aliphatic carbocycles. The van der Waals surface area contributed by atoms with Gasteiger partial charge in [0, 0.05) is 43.1 Å². The van der Waals surface area contributed by atoms with Crippen LogP contribution < -0.4 is 15.1 Å². The van der Waals surface area contributed by atoms with E-state index in [1.165, 1.54) is 0 Å². The number of nitrogens with zero attached hydrogens (tertiary/aromatic N) is 5. The Bertz CT molecular complexity index is 1010. The number of para-hydroxylation sites is 1. The van der Waals surface area contributed by atoms with Crippen LogP contribution in [0.25, 0.3) is 0 Å². The van der Waals surface area contributed by atoms with Gasteiger partial charge in [-0.05, 0) is 36.4 Å². The molecule has 0 saturated carbocycles. The number of nitriles is 1. The van der Waals surface area contributed by atoms with Gasteiger partial charge in [0.15, 0.2) is 0 Å². The molecule has 2 heterocycles. The van der Waals surface area contributed by atoms with Crippen molar-refractivity contribution in [2.75, 3.05) is 41.3 Å². The highest BCUT2D eigenvalue weighted by Crippen LogP contribution is 2.23. The first-order valence-electron chi connectivity index (χ1n) is 9.07. The van der Waals surface area contributed by atoms with Gasteiger partial charge in [0.05, 0.1) is 11.3 Å². The zero-order valence-corrected chi connectivity index (χ0v) is 16.0. The Morgan fingerprint density at radius 1 is 0.964 bits per heavy atom. The lowest BCUT2D eigenvalue weighted by molar-refractivity contribution is 0.647. The Morgan fingerprint density at radius 2 is 1.75 bits per heavy atom. The number of rotatable bonds is 4. The predicted molar refractivity (Wildman–Crippen MR) is 112 cm³/mol. The van der Waals surface area contributed by atoms with Crippen molar-refractivity contribution in [3.63, 3.8) is 0 Å². The maximum absolute atomic E-state index is 9.24. The molecule has 0 unspecified atom stereocenters. The molecule has 1 aliphatic heterocycles. The molecule has 28 heavy (non-hydrogen) atoms. The largest absolute Gasteiger partial charge is 0.368 e. The van der Waals surface area contributed by atoms with Crippen LogP contribution in [0.5, 0.6) is 0 Å². The number of benzene rings is 2. The summed E-state index contributed by atoms with van der Waals surface area (Å²) in [6.07, 6.45) is 1.74. The van der Waals surface area contributed by atoms with Crippen molar-refractivity contribution in [3.8, 4) is 6.07 Å². The van der Waals surface area contributed by atoms with Crippen LogP contribution in [0.2, 0.25) is 5.02 Å². The van der Waals surface area contributed by atoms with Crippen LogP contribution in [0.4, 0.5) is 23.1 Å². The first kappa shape index (κ1) is 18.1. The Morgan fingerprint density at radius 3 is 2.54 bits per heavy atom. The molecule has 0 spiro atoms. The fourth-order valence-corrected chi connectivity index (χ4v) is 3.45. The smallest absolute Gasteiger partial charge is 0.229 e. The highest BCUT2D eigenvalue weighted by Gasteiger charge is 2.19. The molecule has 0 amide bonds. The highest BCUT2D eigenvalue weighted by molar-refractivity contribution is 6.30. The van der Waals surface area contributed by atoms with E-state index in [2.05, 4.69) is 37.2 Å². The lowest BCUT2D eigenvalue weighted by atomic mass is 10.2. The normalized spacial score (nSPS) is 13.9. The maximum Gasteiger partial charge on any atom is 0.229 e. The van der Waals surface area contributed by atoms with Crippen LogP contribution >= 0.6 is 11.6 Å². The Hall–Kier alpha value is -3.30. The van der Waals surface area contributed by atoms with Gasteiger partial charge in [0.2, 0.25) is 5.95 Å². The van der Waals surface area contributed by atoms with Crippen molar-refractivity contribution in [3.05, 3.63) is 71.4 Å². The van der Waals surface area contributed by atoms with Crippen LogP contribution in [0, 0.1) is 11.3 Å². The third kappa shape index (κ3) is 4.00. The topological polar surface area (TPSA) is 68.1 Å². The molecule has 2 aromatic carbocycles. The Labute approximate surface area is 169 Å². The molecular formula is C21H19ClN6. The Balaban J connectivity index is 1.45. The first-order chi connectivity index (χ1) is 13.7. The van der Waals surface area contributed by atoms with Crippen LogP contribution in [-0.4, -0.2) is 36.1 Å². The number of hydrogen-bond acceptors (Lipinski definition) is 6. The summed E-state index contributed by atoms with van der Waals surface area (Å²) in [7, 11) is 0. The molecule has 1 fully saturated rings. The summed E-state index contributed by atoms with van der Waals surface area (Å²) in [6.45, 7) is 3.50. The van der Waals surface area contributed by atoms with Crippen molar-refractivity contribution in [1.82, 2.24) is 9.97 Å². The standard InChI is InChI=1S/C21H19ClN6/c22-17-5-3-6-18(14-17)27-10-12-28(13-11-27)20-8-9-24-21(26-20)25-19-7-2-1-4-16(19)15-23/h1-9,14H,10-13H2,(H,24,25,26). The van der Waals surface area contributed by atoms with Crippen molar-refractivity contribution in [2.24, 2.45) is 0 Å². The second-order valence-electron chi connectivity index (χ2n) is 6.47. The van der Waals surface area contributed by atoms with Gasteiger partial charge in [-0.2, -0.15) is 10.2 Å². The van der Waals surface area contributed by atoms with E-state index < -0.39 is 0 Å². The van der Waals surface area contributed by atoms with E-state index in [-0.39, 0.29) is 0 Å². The third-order valence-corrected chi connectivity index (χ3v) is 4.95. The molecule has 1 aromatic heterocycles. The van der Waals surface area contributed by atoms with Gasteiger partial charge < -0.3 is 15.1 Å². The summed E-state index contributed by atoms with van der Waals surface area (Å²) in [5, 5.41) is 13.1. The molecule has 1 saturated heterocycles. The van der Waals surface area contributed by atoms with Gasteiger partial charge in [-0.25, -0.2) is 4.98 Å². The van der Waals surface area contributed by atoms with E-state index in [0.717, 1.165) is 42.7 Å². The van der Waals surface area contributed by atoms with Crippen molar-refractivity contribution in [2.45, 2.75) is 0 Å². The number of aromatic nitrogens is 2. The number of hydrogen-bond donors (Lipinski definition) is 1. The van der Waals surface area contributed by atoms with E-state index in [9.17, 15) is 5.26 Å². The van der Waals surface area contributed by atoms with Gasteiger partial charge in [-0.3, -0.25) is 0 Å². The quantitative estimate of drug-likeness (QED) is 0.724. The highest BCUT2D eigenvalue weighted by atomic mass is 35.5. The minimum Gasteiger partial charge on any atom is -0.368 e. The summed E-state index contributed by atoms with van der Waals surface area (Å²) in [5.41, 5.74) is 2.41. The van der Waals surface area contributed by atoms with E-state index in [1.54, 1.807) is 12.3 Å². The van der Waals surface area contributed by atoms with E-state index >= 15 is 0 Å². The average Bonchev–Trinajstić information content (AvgIpc) is 2.74. The van der Waals surface area contributed by atoms with Gasteiger partial charge >= 0.3 is 0 Å². The fraction of sp³-hybridized carbons (Fsp3) is 0.190. The molecule has 1 N–H and O–H groups in total. The van der Waals surface area contributed by atoms with Crippen LogP contribution in [-0.2, 0) is 0 Å². The zero-order valence-electron chi connectivity index (χ0n) is 15.2. The zero-order chi connectivity index (χ0) is 19.3. The molecule has 3 aromatic rings. The number of piperazine rings is 1. The number of halogens is 1. The minimum absolute atomic E-state index is 0.484. The second-order valence-corrected chi connectivity index (χ2v) is 6.91. The van der Waals surface area contributed by atoms with Crippen LogP contribution in [0.3, 0.4) is 0 Å². The maximum atomic E-state index is 9.24. The molecule has 4 rings (SSSR count). The van der Waals surface area contributed by atoms with E-state index in [4.69, 9.17) is 11.6 Å². The lowest BCUT2D eigenvalue weighted by Gasteiger charge is -2.36. The van der Waals surface area contributed by atoms with Crippen molar-refractivity contribution >= 4 is 34.7 Å². The molecule has 6 nitrogen and oxygen atoms in total. The molecule has 140 valence electrons. The SMILES string of the molecule is N#Cc1ccccc1Nc1nccc(N2CCN(c3cccc(Cl)c3)CC2)n1. The minimum atomic E-state index is 0.484. The third-order valence-electron chi connectivity index (χ3n) is 4.71. The summed E-state index contributed by atoms with van der Waals surface area (Å²) in [5.74, 6) is 1.36. The van der Waals surface area contributed by atoms with Gasteiger partial charge in [0.1, 0.15) is 11.9 Å². The molecule has 1 aliphatic rings. The second kappa shape index (κ2) is 8.15. The van der Waals surface area contributed by atoms with E-state index in [0.29, 0.717) is 17.2 Å². The number of nitrogens with one attached hydrogen (secondary N) is 1. The average molecular weight is 391 g/mol. The molecule has 7 heteroatoms. The predicted octanol–water partition coefficient (Wildman–Crippen LogP) is 4.07. The van der Waals surface area contributed by atoms with Gasteiger partial charge in [-0.1, -0.05) is 29.8 Å². The lowest BCUT2D eigenvalue weighted by Crippen LogP contribution is -2.46. The first-order valence-corrected chi connectivity index (χ1v) is 9.45. The van der Waals surface area contributed by atoms with E-state index in [1.807, 2.05) is 42.5 Å². The van der Waals surface area contributed by atoms with Crippen molar-refractivity contribution < 1.29 is 0 Å². The Kier molecular flexibility index (Phi) is 5.27. The molecule has 0 bridgehead atoms. The summed E-state index contributed by atoms with van der Waals surface area (Å²) < 4.78 is 0. The summed E-state index contributed by atoms with van der Waals surface area (Å²) in [6, 6.07) is 19.4. The van der Waals surface area contributed by atoms with Crippen LogP contribution in [0.15, 0.2) is 60.8 Å².